The van der Waals surface area contributed by atoms with E-state index >= 15 is 0 Å². The Morgan fingerprint density at radius 3 is 2.62 bits per heavy atom. The molecule has 0 aliphatic carbocycles. The van der Waals surface area contributed by atoms with Gasteiger partial charge >= 0.3 is 0 Å². The van der Waals surface area contributed by atoms with E-state index in [1.165, 1.54) is 23.9 Å². The quantitative estimate of drug-likeness (QED) is 0.418. The van der Waals surface area contributed by atoms with Crippen molar-refractivity contribution in [3.05, 3.63) is 99.8 Å². The predicted molar refractivity (Wildman–Crippen MR) is 147 cm³/mol. The van der Waals surface area contributed by atoms with Gasteiger partial charge in [0.05, 0.1) is 11.8 Å². The fourth-order valence-electron chi connectivity index (χ4n) is 4.28. The number of amides is 2. The smallest absolute Gasteiger partial charge is 0.262 e. The Morgan fingerprint density at radius 2 is 1.89 bits per heavy atom. The number of hydrogen-bond acceptors (Lipinski definition) is 5. The molecule has 1 N–H and O–H groups in total. The fraction of sp³-hybridized carbons (Fsp3) is 0.214. The first-order chi connectivity index (χ1) is 17.8. The van der Waals surface area contributed by atoms with Gasteiger partial charge in [0.15, 0.2) is 5.17 Å². The number of aliphatic imine (C=N–C) groups is 1. The second-order valence-corrected chi connectivity index (χ2v) is 10.7. The van der Waals surface area contributed by atoms with E-state index < -0.39 is 5.25 Å². The molecule has 2 heterocycles. The molecule has 3 aromatic rings. The molecule has 5 rings (SSSR count). The number of carbonyl (C=O) groups excluding carboxylic acids is 2. The number of anilines is 1. The van der Waals surface area contributed by atoms with E-state index in [1.807, 2.05) is 50.2 Å². The van der Waals surface area contributed by atoms with E-state index in [2.05, 4.69) is 10.3 Å². The lowest BCUT2D eigenvalue weighted by Gasteiger charge is -2.23. The number of amidine groups is 1. The lowest BCUT2D eigenvalue weighted by Crippen LogP contribution is -2.25. The van der Waals surface area contributed by atoms with Crippen LogP contribution >= 0.6 is 23.4 Å². The third-order valence-electron chi connectivity index (χ3n) is 6.41. The summed E-state index contributed by atoms with van der Waals surface area (Å²) in [6, 6.07) is 19.1. The average Bonchev–Trinajstić information content (AvgIpc) is 3.46. The molecule has 0 radical (unpaired) electrons. The van der Waals surface area contributed by atoms with E-state index in [4.69, 9.17) is 16.7 Å². The van der Waals surface area contributed by atoms with Gasteiger partial charge in [-0.05, 0) is 72.5 Å². The van der Waals surface area contributed by atoms with Crippen LogP contribution in [-0.2, 0) is 9.59 Å². The first-order valence-corrected chi connectivity index (χ1v) is 13.1. The van der Waals surface area contributed by atoms with Crippen molar-refractivity contribution in [2.75, 3.05) is 5.32 Å². The second-order valence-electron chi connectivity index (χ2n) is 9.06. The number of benzene rings is 3. The highest BCUT2D eigenvalue weighted by molar-refractivity contribution is 8.15. The maximum Gasteiger partial charge on any atom is 0.262 e. The average molecular weight is 535 g/mol. The molecule has 0 bridgehead atoms. The maximum atomic E-state index is 13.5. The zero-order chi connectivity index (χ0) is 26.1. The monoisotopic (exact) mass is 534 g/mol. The van der Waals surface area contributed by atoms with Crippen molar-refractivity contribution < 1.29 is 14.0 Å². The molecule has 6 nitrogen and oxygen atoms in total. The minimum atomic E-state index is -0.647. The third-order valence-corrected chi connectivity index (χ3v) is 7.78. The number of hydrazone groups is 1. The Balaban J connectivity index is 1.35. The normalized spacial score (nSPS) is 19.1. The van der Waals surface area contributed by atoms with Crippen molar-refractivity contribution in [3.8, 4) is 0 Å². The van der Waals surface area contributed by atoms with Crippen LogP contribution in [0, 0.1) is 19.7 Å². The molecule has 2 aliphatic rings. The fourth-order valence-corrected chi connectivity index (χ4v) is 5.54. The van der Waals surface area contributed by atoms with Gasteiger partial charge in [0.25, 0.3) is 5.91 Å². The highest BCUT2D eigenvalue weighted by Gasteiger charge is 2.39. The van der Waals surface area contributed by atoms with Crippen LogP contribution in [0.15, 0.2) is 76.8 Å². The molecular formula is C28H24ClFN4O2S. The maximum absolute atomic E-state index is 13.5. The van der Waals surface area contributed by atoms with Gasteiger partial charge in [-0.25, -0.2) is 9.40 Å². The molecule has 188 valence electrons. The SMILES string of the molecule is Cc1ccc(NC(=O)C[C@@H]2SC(N3N=C(c4ccc(F)cc4)C[C@@H]3c3cccc(Cl)c3)=NC2=O)cc1C. The summed E-state index contributed by atoms with van der Waals surface area (Å²) in [5.41, 5.74) is 5.36. The van der Waals surface area contributed by atoms with Crippen molar-refractivity contribution >= 4 is 51.7 Å². The molecule has 9 heteroatoms. The minimum absolute atomic E-state index is 0.00632. The van der Waals surface area contributed by atoms with E-state index in [-0.39, 0.29) is 30.1 Å². The van der Waals surface area contributed by atoms with Crippen LogP contribution in [0.3, 0.4) is 0 Å². The summed E-state index contributed by atoms with van der Waals surface area (Å²) in [6.07, 6.45) is 0.519. The number of thioether (sulfide) groups is 1. The van der Waals surface area contributed by atoms with Crippen LogP contribution in [0.5, 0.6) is 0 Å². The summed E-state index contributed by atoms with van der Waals surface area (Å²) < 4.78 is 13.5. The summed E-state index contributed by atoms with van der Waals surface area (Å²) >= 11 is 7.49. The van der Waals surface area contributed by atoms with Crippen molar-refractivity contribution in [3.63, 3.8) is 0 Å². The Labute approximate surface area is 223 Å². The van der Waals surface area contributed by atoms with Gasteiger partial charge < -0.3 is 5.32 Å². The van der Waals surface area contributed by atoms with E-state index in [0.29, 0.717) is 22.3 Å². The number of halogens is 2. The summed E-state index contributed by atoms with van der Waals surface area (Å²) in [6.45, 7) is 3.99. The molecule has 37 heavy (non-hydrogen) atoms. The standard InChI is InChI=1S/C28H24ClFN4O2S/c1-16-6-11-22(12-17(16)2)31-26(35)15-25-27(36)32-28(37-25)34-24(19-4-3-5-20(29)13-19)14-23(33-34)18-7-9-21(30)10-8-18/h3-13,24-25H,14-15H2,1-2H3,(H,31,35)/t24-,25+/m1/s1. The van der Waals surface area contributed by atoms with Gasteiger partial charge in [0.2, 0.25) is 5.91 Å². The highest BCUT2D eigenvalue weighted by atomic mass is 35.5. The number of hydrogen-bond donors (Lipinski definition) is 1. The van der Waals surface area contributed by atoms with Crippen LogP contribution < -0.4 is 5.32 Å². The van der Waals surface area contributed by atoms with Gasteiger partial charge in [0.1, 0.15) is 11.1 Å². The van der Waals surface area contributed by atoms with Crippen LogP contribution in [0.1, 0.15) is 41.1 Å². The van der Waals surface area contributed by atoms with Gasteiger partial charge in [-0.3, -0.25) is 9.59 Å². The molecular weight excluding hydrogens is 511 g/mol. The Hall–Kier alpha value is -3.49. The topological polar surface area (TPSA) is 74.1 Å². The van der Waals surface area contributed by atoms with E-state index in [9.17, 15) is 14.0 Å². The molecule has 0 fully saturated rings. The van der Waals surface area contributed by atoms with Crippen molar-refractivity contribution in [2.24, 2.45) is 10.1 Å². The predicted octanol–water partition coefficient (Wildman–Crippen LogP) is 6.27. The first-order valence-electron chi connectivity index (χ1n) is 11.8. The number of rotatable bonds is 5. The van der Waals surface area contributed by atoms with Crippen molar-refractivity contribution in [1.29, 1.82) is 0 Å². The van der Waals surface area contributed by atoms with Gasteiger partial charge in [-0.2, -0.15) is 10.1 Å². The van der Waals surface area contributed by atoms with Crippen molar-refractivity contribution in [2.45, 2.75) is 38.0 Å². The number of carbonyl (C=O) groups is 2. The van der Waals surface area contributed by atoms with Crippen LogP contribution in [0.2, 0.25) is 5.02 Å². The molecule has 2 amide bonds. The third kappa shape index (κ3) is 5.60. The molecule has 0 saturated heterocycles. The molecule has 0 spiro atoms. The summed E-state index contributed by atoms with van der Waals surface area (Å²) in [7, 11) is 0. The minimum Gasteiger partial charge on any atom is -0.326 e. The number of aryl methyl sites for hydroxylation is 2. The molecule has 0 aromatic heterocycles. The molecule has 0 unspecified atom stereocenters. The molecule has 2 atom stereocenters. The van der Waals surface area contributed by atoms with Gasteiger partial charge in [-0.15, -0.1) is 0 Å². The zero-order valence-corrected chi connectivity index (χ0v) is 21.8. The molecule has 0 saturated carbocycles. The van der Waals surface area contributed by atoms with Crippen LogP contribution in [0.4, 0.5) is 10.1 Å². The largest absolute Gasteiger partial charge is 0.326 e. The number of nitrogens with one attached hydrogen (secondary N) is 1. The van der Waals surface area contributed by atoms with Crippen molar-refractivity contribution in [1.82, 2.24) is 5.01 Å². The lowest BCUT2D eigenvalue weighted by molar-refractivity contribution is -0.121. The van der Waals surface area contributed by atoms with E-state index in [1.54, 1.807) is 23.2 Å². The van der Waals surface area contributed by atoms with E-state index in [0.717, 1.165) is 28.0 Å². The Kier molecular flexibility index (Phi) is 7.13. The van der Waals surface area contributed by atoms with Crippen LogP contribution in [0.25, 0.3) is 0 Å². The lowest BCUT2D eigenvalue weighted by atomic mass is 9.98. The summed E-state index contributed by atoms with van der Waals surface area (Å²) in [5.74, 6) is -0.951. The van der Waals surface area contributed by atoms with Crippen LogP contribution in [-0.4, -0.2) is 33.0 Å². The zero-order valence-electron chi connectivity index (χ0n) is 20.2. The summed E-state index contributed by atoms with van der Waals surface area (Å²) in [4.78, 5) is 29.8. The second kappa shape index (κ2) is 10.5. The highest BCUT2D eigenvalue weighted by Crippen LogP contribution is 2.39. The summed E-state index contributed by atoms with van der Waals surface area (Å²) in [5, 5.41) is 9.73. The van der Waals surface area contributed by atoms with Gasteiger partial charge in [0, 0.05) is 23.6 Å². The molecule has 3 aromatic carbocycles. The Bertz CT molecular complexity index is 1440. The first kappa shape index (κ1) is 25.2. The Morgan fingerprint density at radius 1 is 1.11 bits per heavy atom. The number of nitrogens with zero attached hydrogens (tertiary/aromatic N) is 3. The van der Waals surface area contributed by atoms with Gasteiger partial charge in [-0.1, -0.05) is 53.7 Å². The molecule has 2 aliphatic heterocycles.